The van der Waals surface area contributed by atoms with Crippen LogP contribution in [0.2, 0.25) is 0 Å². The van der Waals surface area contributed by atoms with Crippen molar-refractivity contribution in [2.45, 2.75) is 44.7 Å². The van der Waals surface area contributed by atoms with Crippen molar-refractivity contribution in [1.29, 1.82) is 0 Å². The molecule has 1 rings (SSSR count). The lowest BCUT2D eigenvalue weighted by molar-refractivity contribution is 0.461. The van der Waals surface area contributed by atoms with Crippen LogP contribution in [0.3, 0.4) is 0 Å². The molecule has 1 N–H and O–H groups in total. The molecule has 0 saturated carbocycles. The topological polar surface area (TPSA) is 49.4 Å². The highest BCUT2D eigenvalue weighted by molar-refractivity contribution is 7.89. The van der Waals surface area contributed by atoms with Gasteiger partial charge in [0.1, 0.15) is 10.7 Å². The Labute approximate surface area is 121 Å². The maximum Gasteiger partial charge on any atom is 0.245 e. The zero-order valence-electron chi connectivity index (χ0n) is 12.5. The van der Waals surface area contributed by atoms with Gasteiger partial charge in [-0.05, 0) is 24.1 Å². The average Bonchev–Trinajstić information content (AvgIpc) is 2.36. The van der Waals surface area contributed by atoms with Crippen LogP contribution in [-0.4, -0.2) is 32.4 Å². The fraction of sp³-hybridized carbons (Fsp3) is 0.571. The van der Waals surface area contributed by atoms with Gasteiger partial charge < -0.3 is 5.32 Å². The van der Waals surface area contributed by atoms with Crippen molar-refractivity contribution >= 4 is 10.0 Å². The molecule has 0 aromatic heterocycles. The van der Waals surface area contributed by atoms with Crippen LogP contribution in [0.4, 0.5) is 4.39 Å². The van der Waals surface area contributed by atoms with Crippen molar-refractivity contribution in [3.63, 3.8) is 0 Å². The molecular weight excluding hydrogens is 279 g/mol. The normalized spacial score (nSPS) is 12.3. The highest BCUT2D eigenvalue weighted by Crippen LogP contribution is 2.19. The molecule has 0 saturated heterocycles. The van der Waals surface area contributed by atoms with Crippen molar-refractivity contribution in [3.8, 4) is 0 Å². The van der Waals surface area contributed by atoms with Crippen LogP contribution in [0.15, 0.2) is 23.1 Å². The second-order valence-corrected chi connectivity index (χ2v) is 7.14. The number of hydrogen-bond acceptors (Lipinski definition) is 3. The van der Waals surface area contributed by atoms with E-state index in [1.54, 1.807) is 6.07 Å². The maximum absolute atomic E-state index is 14.0. The molecule has 1 aromatic carbocycles. The standard InChI is InChI=1S/C14H23FN2O2S/c1-5-8-17(4)20(18,19)14-7-6-12(9-13(14)15)10-16-11(2)3/h6-7,9,11,16H,5,8,10H2,1-4H3. The molecule has 0 heterocycles. The molecule has 0 aliphatic heterocycles. The molecule has 0 amide bonds. The predicted octanol–water partition coefficient (Wildman–Crippen LogP) is 2.35. The molecule has 20 heavy (non-hydrogen) atoms. The van der Waals surface area contributed by atoms with Crippen LogP contribution < -0.4 is 5.32 Å². The van der Waals surface area contributed by atoms with Crippen molar-refractivity contribution < 1.29 is 12.8 Å². The van der Waals surface area contributed by atoms with E-state index in [0.717, 1.165) is 5.56 Å². The van der Waals surface area contributed by atoms with Gasteiger partial charge >= 0.3 is 0 Å². The molecule has 1 aromatic rings. The summed E-state index contributed by atoms with van der Waals surface area (Å²) in [7, 11) is -2.28. The summed E-state index contributed by atoms with van der Waals surface area (Å²) in [5.41, 5.74) is 0.730. The van der Waals surface area contributed by atoms with E-state index in [2.05, 4.69) is 5.32 Å². The van der Waals surface area contributed by atoms with Crippen LogP contribution >= 0.6 is 0 Å². The number of halogens is 1. The van der Waals surface area contributed by atoms with Crippen molar-refractivity contribution in [1.82, 2.24) is 9.62 Å². The van der Waals surface area contributed by atoms with E-state index in [1.165, 1.54) is 23.5 Å². The van der Waals surface area contributed by atoms with Crippen molar-refractivity contribution in [2.24, 2.45) is 0 Å². The Morgan fingerprint density at radius 2 is 2.00 bits per heavy atom. The lowest BCUT2D eigenvalue weighted by Crippen LogP contribution is -2.28. The summed E-state index contributed by atoms with van der Waals surface area (Å²) in [5.74, 6) is -0.698. The summed E-state index contributed by atoms with van der Waals surface area (Å²) in [6, 6.07) is 4.55. The maximum atomic E-state index is 14.0. The summed E-state index contributed by atoms with van der Waals surface area (Å²) >= 11 is 0. The number of benzene rings is 1. The molecule has 0 atom stereocenters. The Balaban J connectivity index is 2.98. The van der Waals surface area contributed by atoms with E-state index in [-0.39, 0.29) is 10.9 Å². The minimum absolute atomic E-state index is 0.262. The minimum Gasteiger partial charge on any atom is -0.310 e. The third-order valence-corrected chi connectivity index (χ3v) is 4.83. The van der Waals surface area contributed by atoms with Gasteiger partial charge in [0.25, 0.3) is 0 Å². The number of hydrogen-bond donors (Lipinski definition) is 1. The summed E-state index contributed by atoms with van der Waals surface area (Å²) in [4.78, 5) is -0.262. The SMILES string of the molecule is CCCN(C)S(=O)(=O)c1ccc(CNC(C)C)cc1F. The molecule has 0 bridgehead atoms. The van der Waals surface area contributed by atoms with E-state index >= 15 is 0 Å². The minimum atomic E-state index is -3.74. The second-order valence-electron chi connectivity index (χ2n) is 5.13. The monoisotopic (exact) mass is 302 g/mol. The van der Waals surface area contributed by atoms with Crippen LogP contribution in [0.5, 0.6) is 0 Å². The number of nitrogens with one attached hydrogen (secondary N) is 1. The molecule has 0 aliphatic carbocycles. The average molecular weight is 302 g/mol. The van der Waals surface area contributed by atoms with Gasteiger partial charge in [-0.2, -0.15) is 0 Å². The molecule has 0 spiro atoms. The molecule has 0 radical (unpaired) electrons. The quantitative estimate of drug-likeness (QED) is 0.841. The first-order valence-electron chi connectivity index (χ1n) is 6.77. The van der Waals surface area contributed by atoms with Crippen LogP contribution in [0.1, 0.15) is 32.8 Å². The lowest BCUT2D eigenvalue weighted by atomic mass is 10.2. The van der Waals surface area contributed by atoms with Crippen LogP contribution in [0.25, 0.3) is 0 Å². The fourth-order valence-electron chi connectivity index (χ4n) is 1.79. The van der Waals surface area contributed by atoms with Gasteiger partial charge in [-0.25, -0.2) is 17.1 Å². The third kappa shape index (κ3) is 4.26. The Morgan fingerprint density at radius 1 is 1.35 bits per heavy atom. The second kappa shape index (κ2) is 7.15. The van der Waals surface area contributed by atoms with Gasteiger partial charge in [0, 0.05) is 26.2 Å². The van der Waals surface area contributed by atoms with E-state index in [4.69, 9.17) is 0 Å². The predicted molar refractivity (Wildman–Crippen MR) is 78.5 cm³/mol. The van der Waals surface area contributed by atoms with Gasteiger partial charge in [-0.15, -0.1) is 0 Å². The summed E-state index contributed by atoms with van der Waals surface area (Å²) in [6.07, 6.45) is 0.688. The molecular formula is C14H23FN2O2S. The zero-order valence-corrected chi connectivity index (χ0v) is 13.3. The van der Waals surface area contributed by atoms with E-state index in [1.807, 2.05) is 20.8 Å². The summed E-state index contributed by atoms with van der Waals surface area (Å²) in [5, 5.41) is 3.16. The van der Waals surface area contributed by atoms with Gasteiger partial charge in [-0.3, -0.25) is 0 Å². The first kappa shape index (κ1) is 17.1. The van der Waals surface area contributed by atoms with E-state index in [0.29, 0.717) is 19.5 Å². The van der Waals surface area contributed by atoms with E-state index < -0.39 is 15.8 Å². The van der Waals surface area contributed by atoms with Gasteiger partial charge in [0.05, 0.1) is 0 Å². The van der Waals surface area contributed by atoms with Gasteiger partial charge in [0.15, 0.2) is 0 Å². The summed E-state index contributed by atoms with van der Waals surface area (Å²) in [6.45, 7) is 6.75. The number of rotatable bonds is 7. The lowest BCUT2D eigenvalue weighted by Gasteiger charge is -2.17. The van der Waals surface area contributed by atoms with Gasteiger partial charge in [-0.1, -0.05) is 26.8 Å². The van der Waals surface area contributed by atoms with Crippen LogP contribution in [0, 0.1) is 5.82 Å². The first-order chi connectivity index (χ1) is 9.28. The first-order valence-corrected chi connectivity index (χ1v) is 8.21. The summed E-state index contributed by atoms with van der Waals surface area (Å²) < 4.78 is 39.6. The Bertz CT molecular complexity index is 544. The van der Waals surface area contributed by atoms with Crippen LogP contribution in [-0.2, 0) is 16.6 Å². The van der Waals surface area contributed by atoms with Crippen molar-refractivity contribution in [2.75, 3.05) is 13.6 Å². The van der Waals surface area contributed by atoms with Gasteiger partial charge in [0.2, 0.25) is 10.0 Å². The molecule has 6 heteroatoms. The molecule has 0 unspecified atom stereocenters. The molecule has 4 nitrogen and oxygen atoms in total. The van der Waals surface area contributed by atoms with E-state index in [9.17, 15) is 12.8 Å². The smallest absolute Gasteiger partial charge is 0.245 e. The highest BCUT2D eigenvalue weighted by atomic mass is 32.2. The zero-order chi connectivity index (χ0) is 15.3. The third-order valence-electron chi connectivity index (χ3n) is 2.94. The number of nitrogens with zero attached hydrogens (tertiary/aromatic N) is 1. The molecule has 0 fully saturated rings. The Hall–Kier alpha value is -0.980. The largest absolute Gasteiger partial charge is 0.310 e. The molecule has 114 valence electrons. The Kier molecular flexibility index (Phi) is 6.10. The Morgan fingerprint density at radius 3 is 2.50 bits per heavy atom. The molecule has 0 aliphatic rings. The fourth-order valence-corrected chi connectivity index (χ4v) is 3.09. The highest BCUT2D eigenvalue weighted by Gasteiger charge is 2.23. The number of sulfonamides is 1. The van der Waals surface area contributed by atoms with Crippen molar-refractivity contribution in [3.05, 3.63) is 29.6 Å².